The molecule has 0 rings (SSSR count). The first-order valence-electron chi connectivity index (χ1n) is 5.09. The minimum Gasteiger partial charge on any atom is -0.380 e. The Morgan fingerprint density at radius 1 is 1.46 bits per heavy atom. The van der Waals surface area contributed by atoms with Gasteiger partial charge in [-0.3, -0.25) is 0 Å². The Hall–Kier alpha value is -0.520. The smallest absolute Gasteiger partial charge is 0.0619 e. The first-order chi connectivity index (χ1) is 6.35. The highest BCUT2D eigenvalue weighted by Crippen LogP contribution is 1.97. The topological polar surface area (TPSA) is 21.3 Å². The summed E-state index contributed by atoms with van der Waals surface area (Å²) in [7, 11) is 0. The lowest BCUT2D eigenvalue weighted by Crippen LogP contribution is -2.33. The van der Waals surface area contributed by atoms with E-state index in [4.69, 9.17) is 11.2 Å². The van der Waals surface area contributed by atoms with Crippen LogP contribution in [0.1, 0.15) is 33.1 Å². The van der Waals surface area contributed by atoms with E-state index in [0.717, 1.165) is 39.0 Å². The van der Waals surface area contributed by atoms with Gasteiger partial charge in [-0.05, 0) is 19.4 Å². The Morgan fingerprint density at radius 3 is 2.77 bits per heavy atom. The van der Waals surface area contributed by atoms with E-state index in [9.17, 15) is 0 Å². The van der Waals surface area contributed by atoms with Crippen LogP contribution in [-0.2, 0) is 4.74 Å². The van der Waals surface area contributed by atoms with E-state index in [2.05, 4.69) is 25.1 Å². The van der Waals surface area contributed by atoms with Crippen LogP contribution < -0.4 is 5.32 Å². The SMILES string of the molecule is C#CCCC(COCCC)NCC. The van der Waals surface area contributed by atoms with Crippen LogP contribution in [0.5, 0.6) is 0 Å². The Bertz CT molecular complexity index is 140. The van der Waals surface area contributed by atoms with Gasteiger partial charge in [0.05, 0.1) is 6.61 Å². The van der Waals surface area contributed by atoms with E-state index in [1.807, 2.05) is 0 Å². The summed E-state index contributed by atoms with van der Waals surface area (Å²) < 4.78 is 5.46. The summed E-state index contributed by atoms with van der Waals surface area (Å²) in [5.74, 6) is 2.65. The van der Waals surface area contributed by atoms with E-state index >= 15 is 0 Å². The lowest BCUT2D eigenvalue weighted by molar-refractivity contribution is 0.110. The molecule has 0 aliphatic carbocycles. The molecule has 0 bridgehead atoms. The van der Waals surface area contributed by atoms with Gasteiger partial charge in [-0.15, -0.1) is 12.3 Å². The number of ether oxygens (including phenoxy) is 1. The number of nitrogens with one attached hydrogen (secondary N) is 1. The molecule has 0 aromatic carbocycles. The first-order valence-corrected chi connectivity index (χ1v) is 5.09. The summed E-state index contributed by atoms with van der Waals surface area (Å²) in [5, 5.41) is 3.36. The second-order valence-electron chi connectivity index (χ2n) is 3.07. The standard InChI is InChI=1S/C11H21NO/c1-4-7-8-11(12-6-3)10-13-9-5-2/h1,11-12H,5-10H2,2-3H3. The first kappa shape index (κ1) is 12.5. The van der Waals surface area contributed by atoms with Crippen molar-refractivity contribution in [2.45, 2.75) is 39.2 Å². The minimum atomic E-state index is 0.424. The van der Waals surface area contributed by atoms with E-state index in [1.165, 1.54) is 0 Å². The van der Waals surface area contributed by atoms with E-state index in [0.29, 0.717) is 6.04 Å². The number of likely N-dealkylation sites (N-methyl/N-ethyl adjacent to an activating group) is 1. The fourth-order valence-electron chi connectivity index (χ4n) is 1.16. The normalized spacial score (nSPS) is 12.4. The molecule has 0 fully saturated rings. The Labute approximate surface area is 82.1 Å². The number of hydrogen-bond donors (Lipinski definition) is 1. The zero-order valence-corrected chi connectivity index (χ0v) is 8.81. The minimum absolute atomic E-state index is 0.424. The van der Waals surface area contributed by atoms with E-state index < -0.39 is 0 Å². The highest BCUT2D eigenvalue weighted by molar-refractivity contribution is 4.85. The lowest BCUT2D eigenvalue weighted by atomic mass is 10.2. The van der Waals surface area contributed by atoms with Crippen LogP contribution >= 0.6 is 0 Å². The van der Waals surface area contributed by atoms with Crippen molar-refractivity contribution in [3.05, 3.63) is 0 Å². The molecular formula is C11H21NO. The fourth-order valence-corrected chi connectivity index (χ4v) is 1.16. The third-order valence-corrected chi connectivity index (χ3v) is 1.80. The molecule has 0 radical (unpaired) electrons. The molecule has 0 spiro atoms. The van der Waals surface area contributed by atoms with Gasteiger partial charge in [-0.1, -0.05) is 13.8 Å². The fraction of sp³-hybridized carbons (Fsp3) is 0.818. The van der Waals surface area contributed by atoms with Gasteiger partial charge in [0.1, 0.15) is 0 Å². The Kier molecular flexibility index (Phi) is 9.18. The molecule has 1 N–H and O–H groups in total. The van der Waals surface area contributed by atoms with E-state index in [1.54, 1.807) is 0 Å². The number of hydrogen-bond acceptors (Lipinski definition) is 2. The summed E-state index contributed by atoms with van der Waals surface area (Å²) in [6.45, 7) is 6.82. The van der Waals surface area contributed by atoms with Crippen LogP contribution in [0.15, 0.2) is 0 Å². The molecule has 0 heterocycles. The van der Waals surface area contributed by atoms with Crippen LogP contribution in [0.3, 0.4) is 0 Å². The summed E-state index contributed by atoms with van der Waals surface area (Å²) in [6.07, 6.45) is 8.12. The third-order valence-electron chi connectivity index (χ3n) is 1.80. The van der Waals surface area contributed by atoms with Gasteiger partial charge < -0.3 is 10.1 Å². The molecule has 0 aliphatic heterocycles. The van der Waals surface area contributed by atoms with Crippen LogP contribution in [0.4, 0.5) is 0 Å². The van der Waals surface area contributed by atoms with Gasteiger partial charge >= 0.3 is 0 Å². The van der Waals surface area contributed by atoms with Gasteiger partial charge in [0.2, 0.25) is 0 Å². The van der Waals surface area contributed by atoms with Crippen molar-refractivity contribution in [3.8, 4) is 12.3 Å². The molecule has 0 aliphatic rings. The van der Waals surface area contributed by atoms with Gasteiger partial charge in [0.15, 0.2) is 0 Å². The maximum Gasteiger partial charge on any atom is 0.0619 e. The van der Waals surface area contributed by atoms with Crippen molar-refractivity contribution in [1.82, 2.24) is 5.32 Å². The average molecular weight is 183 g/mol. The second-order valence-corrected chi connectivity index (χ2v) is 3.07. The van der Waals surface area contributed by atoms with Crippen molar-refractivity contribution in [1.29, 1.82) is 0 Å². The van der Waals surface area contributed by atoms with Gasteiger partial charge in [0.25, 0.3) is 0 Å². The Balaban J connectivity index is 3.48. The van der Waals surface area contributed by atoms with Crippen LogP contribution in [0.2, 0.25) is 0 Å². The summed E-state index contributed by atoms with van der Waals surface area (Å²) >= 11 is 0. The molecule has 0 saturated carbocycles. The average Bonchev–Trinajstić information content (AvgIpc) is 2.14. The molecule has 2 heteroatoms. The van der Waals surface area contributed by atoms with Gasteiger partial charge in [-0.2, -0.15) is 0 Å². The molecule has 1 unspecified atom stereocenters. The highest BCUT2D eigenvalue weighted by atomic mass is 16.5. The Morgan fingerprint density at radius 2 is 2.23 bits per heavy atom. The predicted octanol–water partition coefficient (Wildman–Crippen LogP) is 1.80. The lowest BCUT2D eigenvalue weighted by Gasteiger charge is -2.16. The summed E-state index contributed by atoms with van der Waals surface area (Å²) in [6, 6.07) is 0.424. The monoisotopic (exact) mass is 183 g/mol. The predicted molar refractivity (Wildman–Crippen MR) is 56.6 cm³/mol. The van der Waals surface area contributed by atoms with Crippen molar-refractivity contribution in [3.63, 3.8) is 0 Å². The zero-order valence-electron chi connectivity index (χ0n) is 8.81. The molecule has 76 valence electrons. The molecule has 0 aromatic rings. The van der Waals surface area contributed by atoms with Crippen LogP contribution in [0, 0.1) is 12.3 Å². The quantitative estimate of drug-likeness (QED) is 0.458. The maximum absolute atomic E-state index is 5.46. The van der Waals surface area contributed by atoms with Crippen LogP contribution in [0.25, 0.3) is 0 Å². The third kappa shape index (κ3) is 7.83. The van der Waals surface area contributed by atoms with Crippen molar-refractivity contribution < 1.29 is 4.74 Å². The van der Waals surface area contributed by atoms with Crippen molar-refractivity contribution >= 4 is 0 Å². The molecule has 2 nitrogen and oxygen atoms in total. The molecule has 1 atom stereocenters. The second kappa shape index (κ2) is 9.57. The number of terminal acetylenes is 1. The summed E-state index contributed by atoms with van der Waals surface area (Å²) in [4.78, 5) is 0. The zero-order chi connectivity index (χ0) is 9.94. The highest BCUT2D eigenvalue weighted by Gasteiger charge is 2.05. The molecule has 0 saturated heterocycles. The number of rotatable bonds is 8. The molecule has 0 amide bonds. The molecule has 0 aromatic heterocycles. The molecular weight excluding hydrogens is 162 g/mol. The largest absolute Gasteiger partial charge is 0.380 e. The van der Waals surface area contributed by atoms with Gasteiger partial charge in [-0.25, -0.2) is 0 Å². The van der Waals surface area contributed by atoms with E-state index in [-0.39, 0.29) is 0 Å². The van der Waals surface area contributed by atoms with Crippen molar-refractivity contribution in [2.24, 2.45) is 0 Å². The maximum atomic E-state index is 5.46. The summed E-state index contributed by atoms with van der Waals surface area (Å²) in [5.41, 5.74) is 0. The van der Waals surface area contributed by atoms with Gasteiger partial charge in [0, 0.05) is 19.1 Å². The van der Waals surface area contributed by atoms with Crippen LogP contribution in [-0.4, -0.2) is 25.8 Å². The van der Waals surface area contributed by atoms with Crippen molar-refractivity contribution in [2.75, 3.05) is 19.8 Å². The molecule has 13 heavy (non-hydrogen) atoms.